The first-order chi connectivity index (χ1) is 14.4. The average Bonchev–Trinajstić information content (AvgIpc) is 3.11. The van der Waals surface area contributed by atoms with Gasteiger partial charge in [-0.2, -0.15) is 0 Å². The van der Waals surface area contributed by atoms with Crippen molar-refractivity contribution >= 4 is 17.5 Å². The summed E-state index contributed by atoms with van der Waals surface area (Å²) in [6.07, 6.45) is 0.239. The highest BCUT2D eigenvalue weighted by atomic mass is 16.5. The van der Waals surface area contributed by atoms with Crippen LogP contribution in [0.25, 0.3) is 0 Å². The SMILES string of the molecule is COc1ccc(N2CC(NC(=O)COc3ccc(C(C)C)cc3)CC2=O)cc1OC. The second kappa shape index (κ2) is 9.52. The van der Waals surface area contributed by atoms with Crippen molar-refractivity contribution < 1.29 is 23.8 Å². The molecule has 0 aliphatic carbocycles. The largest absolute Gasteiger partial charge is 0.493 e. The Balaban J connectivity index is 1.54. The predicted molar refractivity (Wildman–Crippen MR) is 114 cm³/mol. The summed E-state index contributed by atoms with van der Waals surface area (Å²) in [5, 5.41) is 2.88. The lowest BCUT2D eigenvalue weighted by Gasteiger charge is -2.19. The van der Waals surface area contributed by atoms with Gasteiger partial charge in [0, 0.05) is 24.7 Å². The Morgan fingerprint density at radius 2 is 1.80 bits per heavy atom. The van der Waals surface area contributed by atoms with Crippen molar-refractivity contribution in [1.29, 1.82) is 0 Å². The first-order valence-electron chi connectivity index (χ1n) is 9.95. The third-order valence-electron chi connectivity index (χ3n) is 5.09. The van der Waals surface area contributed by atoms with Crippen molar-refractivity contribution in [3.63, 3.8) is 0 Å². The van der Waals surface area contributed by atoms with Crippen molar-refractivity contribution in [2.24, 2.45) is 0 Å². The zero-order valence-electron chi connectivity index (χ0n) is 17.8. The first-order valence-corrected chi connectivity index (χ1v) is 9.95. The molecule has 7 heteroatoms. The van der Waals surface area contributed by atoms with Crippen molar-refractivity contribution in [1.82, 2.24) is 5.32 Å². The fourth-order valence-electron chi connectivity index (χ4n) is 3.41. The maximum Gasteiger partial charge on any atom is 0.258 e. The summed E-state index contributed by atoms with van der Waals surface area (Å²) in [4.78, 5) is 26.4. The van der Waals surface area contributed by atoms with Crippen LogP contribution in [0.5, 0.6) is 17.2 Å². The fraction of sp³-hybridized carbons (Fsp3) is 0.391. The number of benzene rings is 2. The van der Waals surface area contributed by atoms with E-state index in [0.29, 0.717) is 35.4 Å². The van der Waals surface area contributed by atoms with E-state index in [1.807, 2.05) is 24.3 Å². The van der Waals surface area contributed by atoms with Crippen LogP contribution < -0.4 is 24.4 Å². The minimum absolute atomic E-state index is 0.0577. The number of amides is 2. The molecule has 1 aliphatic rings. The predicted octanol–water partition coefficient (Wildman–Crippen LogP) is 3.13. The van der Waals surface area contributed by atoms with Gasteiger partial charge in [0.1, 0.15) is 5.75 Å². The van der Waals surface area contributed by atoms with Gasteiger partial charge in [-0.3, -0.25) is 9.59 Å². The molecule has 1 fully saturated rings. The topological polar surface area (TPSA) is 77.1 Å². The van der Waals surface area contributed by atoms with E-state index in [4.69, 9.17) is 14.2 Å². The molecule has 0 saturated carbocycles. The second-order valence-corrected chi connectivity index (χ2v) is 7.52. The zero-order chi connectivity index (χ0) is 21.7. The van der Waals surface area contributed by atoms with E-state index >= 15 is 0 Å². The summed E-state index contributed by atoms with van der Waals surface area (Å²) in [5.41, 5.74) is 1.92. The van der Waals surface area contributed by atoms with Crippen LogP contribution in [-0.4, -0.2) is 45.2 Å². The van der Waals surface area contributed by atoms with Crippen LogP contribution in [0, 0.1) is 0 Å². The van der Waals surface area contributed by atoms with Crippen LogP contribution in [0.4, 0.5) is 5.69 Å². The highest BCUT2D eigenvalue weighted by Gasteiger charge is 2.32. The smallest absolute Gasteiger partial charge is 0.258 e. The number of anilines is 1. The molecule has 0 radical (unpaired) electrons. The number of rotatable bonds is 8. The highest BCUT2D eigenvalue weighted by Crippen LogP contribution is 2.33. The molecular weight excluding hydrogens is 384 g/mol. The Labute approximate surface area is 176 Å². The van der Waals surface area contributed by atoms with Crippen LogP contribution >= 0.6 is 0 Å². The van der Waals surface area contributed by atoms with Gasteiger partial charge >= 0.3 is 0 Å². The normalized spacial score (nSPS) is 16.0. The number of carbonyl (C=O) groups is 2. The molecular formula is C23H28N2O5. The Bertz CT molecular complexity index is 895. The van der Waals surface area contributed by atoms with Gasteiger partial charge in [-0.1, -0.05) is 26.0 Å². The molecule has 2 aromatic rings. The summed E-state index contributed by atoms with van der Waals surface area (Å²) in [6.45, 7) is 4.54. The molecule has 0 spiro atoms. The minimum Gasteiger partial charge on any atom is -0.493 e. The van der Waals surface area contributed by atoms with Gasteiger partial charge in [-0.25, -0.2) is 0 Å². The number of methoxy groups -OCH3 is 2. The van der Waals surface area contributed by atoms with Gasteiger partial charge < -0.3 is 24.4 Å². The lowest BCUT2D eigenvalue weighted by atomic mass is 10.0. The van der Waals surface area contributed by atoms with Crippen molar-refractivity contribution in [2.75, 3.05) is 32.3 Å². The summed E-state index contributed by atoms with van der Waals surface area (Å²) in [6, 6.07) is 12.7. The first kappa shape index (κ1) is 21.5. The second-order valence-electron chi connectivity index (χ2n) is 7.52. The van der Waals surface area contributed by atoms with Gasteiger partial charge in [0.25, 0.3) is 5.91 Å². The molecule has 1 unspecified atom stereocenters. The lowest BCUT2D eigenvalue weighted by molar-refractivity contribution is -0.123. The number of hydrogen-bond donors (Lipinski definition) is 1. The Hall–Kier alpha value is -3.22. The lowest BCUT2D eigenvalue weighted by Crippen LogP contribution is -2.39. The molecule has 1 N–H and O–H groups in total. The molecule has 3 rings (SSSR count). The van der Waals surface area contributed by atoms with E-state index in [0.717, 1.165) is 0 Å². The van der Waals surface area contributed by atoms with E-state index < -0.39 is 0 Å². The highest BCUT2D eigenvalue weighted by molar-refractivity contribution is 5.97. The number of nitrogens with one attached hydrogen (secondary N) is 1. The van der Waals surface area contributed by atoms with Crippen molar-refractivity contribution in [2.45, 2.75) is 32.2 Å². The standard InChI is InChI=1S/C23H28N2O5/c1-15(2)16-5-8-19(9-6-16)30-14-22(26)24-17-11-23(27)25(13-17)18-7-10-20(28-3)21(12-18)29-4/h5-10,12,15,17H,11,13-14H2,1-4H3,(H,24,26). The van der Waals surface area contributed by atoms with Gasteiger partial charge in [0.2, 0.25) is 5.91 Å². The monoisotopic (exact) mass is 412 g/mol. The molecule has 2 aromatic carbocycles. The van der Waals surface area contributed by atoms with Crippen LogP contribution in [0.2, 0.25) is 0 Å². The molecule has 1 aliphatic heterocycles. The molecule has 0 aromatic heterocycles. The van der Waals surface area contributed by atoms with Gasteiger partial charge in [-0.15, -0.1) is 0 Å². The third kappa shape index (κ3) is 5.03. The van der Waals surface area contributed by atoms with Gasteiger partial charge in [0.15, 0.2) is 18.1 Å². The van der Waals surface area contributed by atoms with Crippen molar-refractivity contribution in [3.05, 3.63) is 48.0 Å². The summed E-state index contributed by atoms with van der Waals surface area (Å²) in [7, 11) is 3.11. The number of ether oxygens (including phenoxy) is 3. The van der Waals surface area contributed by atoms with Gasteiger partial charge in [0.05, 0.1) is 20.3 Å². The van der Waals surface area contributed by atoms with Crippen LogP contribution in [0.3, 0.4) is 0 Å². The summed E-state index contributed by atoms with van der Waals surface area (Å²) in [5.74, 6) is 1.91. The number of nitrogens with zero attached hydrogens (tertiary/aromatic N) is 1. The quantitative estimate of drug-likeness (QED) is 0.721. The molecule has 0 bridgehead atoms. The van der Waals surface area contributed by atoms with Crippen LogP contribution in [-0.2, 0) is 9.59 Å². The molecule has 1 heterocycles. The van der Waals surface area contributed by atoms with Crippen LogP contribution in [0.1, 0.15) is 31.7 Å². The summed E-state index contributed by atoms with van der Waals surface area (Å²) < 4.78 is 16.1. The summed E-state index contributed by atoms with van der Waals surface area (Å²) >= 11 is 0. The Morgan fingerprint density at radius 1 is 1.10 bits per heavy atom. The van der Waals surface area contributed by atoms with Crippen molar-refractivity contribution in [3.8, 4) is 17.2 Å². The van der Waals surface area contributed by atoms with E-state index in [-0.39, 0.29) is 30.9 Å². The fourth-order valence-corrected chi connectivity index (χ4v) is 3.41. The third-order valence-corrected chi connectivity index (χ3v) is 5.09. The average molecular weight is 412 g/mol. The van der Waals surface area contributed by atoms with Crippen LogP contribution in [0.15, 0.2) is 42.5 Å². The molecule has 1 saturated heterocycles. The minimum atomic E-state index is -0.273. The Kier molecular flexibility index (Phi) is 6.82. The number of carbonyl (C=O) groups excluding carboxylic acids is 2. The number of hydrogen-bond acceptors (Lipinski definition) is 5. The maximum atomic E-state index is 12.5. The molecule has 7 nitrogen and oxygen atoms in total. The molecule has 2 amide bonds. The molecule has 160 valence electrons. The zero-order valence-corrected chi connectivity index (χ0v) is 17.8. The van der Waals surface area contributed by atoms with E-state index in [1.165, 1.54) is 5.56 Å². The Morgan fingerprint density at radius 3 is 2.43 bits per heavy atom. The van der Waals surface area contributed by atoms with E-state index in [9.17, 15) is 9.59 Å². The molecule has 30 heavy (non-hydrogen) atoms. The van der Waals surface area contributed by atoms with Gasteiger partial charge in [-0.05, 0) is 35.7 Å². The molecule has 1 atom stereocenters. The maximum absolute atomic E-state index is 12.5. The van der Waals surface area contributed by atoms with E-state index in [2.05, 4.69) is 19.2 Å². The van der Waals surface area contributed by atoms with E-state index in [1.54, 1.807) is 37.3 Å².